The van der Waals surface area contributed by atoms with Crippen molar-refractivity contribution in [3.8, 4) is 0 Å². The van der Waals surface area contributed by atoms with E-state index < -0.39 is 0 Å². The average Bonchev–Trinajstić information content (AvgIpc) is 2.19. The lowest BCUT2D eigenvalue weighted by Crippen LogP contribution is -1.93. The summed E-state index contributed by atoms with van der Waals surface area (Å²) in [5, 5.41) is 8.54. The van der Waals surface area contributed by atoms with Gasteiger partial charge in [-0.3, -0.25) is 9.78 Å². The van der Waals surface area contributed by atoms with E-state index in [2.05, 4.69) is 4.98 Å². The fraction of sp³-hybridized carbons (Fsp3) is 0.273. The fourth-order valence-electron chi connectivity index (χ4n) is 0.991. The quantitative estimate of drug-likeness (QED) is 0.736. The molecule has 0 bridgehead atoms. The van der Waals surface area contributed by atoms with Crippen LogP contribution in [-0.4, -0.2) is 22.5 Å². The van der Waals surface area contributed by atoms with E-state index in [0.717, 1.165) is 5.69 Å². The molecule has 0 saturated carbocycles. The van der Waals surface area contributed by atoms with Crippen LogP contribution >= 0.6 is 0 Å². The monoisotopic (exact) mass is 191 g/mol. The van der Waals surface area contributed by atoms with Gasteiger partial charge in [0.25, 0.3) is 0 Å². The Morgan fingerprint density at radius 3 is 2.86 bits per heavy atom. The predicted octanol–water partition coefficient (Wildman–Crippen LogP) is 1.68. The molecule has 0 unspecified atom stereocenters. The van der Waals surface area contributed by atoms with Gasteiger partial charge < -0.3 is 5.11 Å². The van der Waals surface area contributed by atoms with E-state index in [9.17, 15) is 4.79 Å². The minimum atomic E-state index is 0.0170. The summed E-state index contributed by atoms with van der Waals surface area (Å²) in [5.74, 6) is 0.0170. The summed E-state index contributed by atoms with van der Waals surface area (Å²) < 4.78 is 0. The lowest BCUT2D eigenvalue weighted by Gasteiger charge is -1.95. The van der Waals surface area contributed by atoms with Gasteiger partial charge in [0.15, 0.2) is 5.78 Å². The molecule has 3 heteroatoms. The smallest absolute Gasteiger partial charge is 0.161 e. The zero-order chi connectivity index (χ0) is 10.4. The highest BCUT2D eigenvalue weighted by Crippen LogP contribution is 2.03. The number of rotatable bonds is 4. The lowest BCUT2D eigenvalue weighted by molar-refractivity contribution is 0.101. The molecule has 0 aliphatic heterocycles. The summed E-state index contributed by atoms with van der Waals surface area (Å²) in [5.41, 5.74) is 1.41. The molecule has 0 aliphatic carbocycles. The number of aromatic nitrogens is 1. The van der Waals surface area contributed by atoms with Gasteiger partial charge in [0.05, 0.1) is 5.69 Å². The number of nitrogens with zero attached hydrogens (tertiary/aromatic N) is 1. The SMILES string of the molecule is CC(=O)c1ccc(C=CCCO)nc1. The number of aliphatic hydroxyl groups is 1. The van der Waals surface area contributed by atoms with Crippen molar-refractivity contribution in [1.82, 2.24) is 4.98 Å². The van der Waals surface area contributed by atoms with E-state index >= 15 is 0 Å². The van der Waals surface area contributed by atoms with E-state index in [1.165, 1.54) is 6.92 Å². The Morgan fingerprint density at radius 1 is 1.57 bits per heavy atom. The minimum Gasteiger partial charge on any atom is -0.396 e. The molecule has 0 radical (unpaired) electrons. The van der Waals surface area contributed by atoms with Crippen LogP contribution in [0.3, 0.4) is 0 Å². The molecular weight excluding hydrogens is 178 g/mol. The first kappa shape index (κ1) is 10.6. The maximum absolute atomic E-state index is 10.9. The first-order chi connectivity index (χ1) is 6.74. The zero-order valence-corrected chi connectivity index (χ0v) is 8.10. The van der Waals surface area contributed by atoms with Gasteiger partial charge in [-0.25, -0.2) is 0 Å². The highest BCUT2D eigenvalue weighted by atomic mass is 16.2. The molecule has 0 amide bonds. The van der Waals surface area contributed by atoms with Crippen molar-refractivity contribution < 1.29 is 9.90 Å². The topological polar surface area (TPSA) is 50.2 Å². The van der Waals surface area contributed by atoms with Crippen LogP contribution in [0.5, 0.6) is 0 Å². The third-order valence-corrected chi connectivity index (χ3v) is 1.78. The molecule has 0 aromatic carbocycles. The van der Waals surface area contributed by atoms with Crippen molar-refractivity contribution in [1.29, 1.82) is 0 Å². The summed E-state index contributed by atoms with van der Waals surface area (Å²) in [6.45, 7) is 1.65. The highest BCUT2D eigenvalue weighted by molar-refractivity contribution is 5.93. The second-order valence-electron chi connectivity index (χ2n) is 2.94. The second kappa shape index (κ2) is 5.29. The largest absolute Gasteiger partial charge is 0.396 e. The van der Waals surface area contributed by atoms with E-state index in [0.29, 0.717) is 12.0 Å². The third-order valence-electron chi connectivity index (χ3n) is 1.78. The maximum Gasteiger partial charge on any atom is 0.161 e. The summed E-state index contributed by atoms with van der Waals surface area (Å²) in [7, 11) is 0. The molecule has 1 aromatic heterocycles. The molecule has 1 N–H and O–H groups in total. The summed E-state index contributed by atoms with van der Waals surface area (Å²) >= 11 is 0. The molecule has 74 valence electrons. The van der Waals surface area contributed by atoms with Crippen LogP contribution in [0, 0.1) is 0 Å². The van der Waals surface area contributed by atoms with Crippen molar-refractivity contribution in [2.45, 2.75) is 13.3 Å². The number of pyridine rings is 1. The summed E-state index contributed by atoms with van der Waals surface area (Å²) in [6.07, 6.45) is 5.84. The normalized spacial score (nSPS) is 10.7. The van der Waals surface area contributed by atoms with Gasteiger partial charge in [-0.05, 0) is 31.6 Å². The molecule has 0 spiro atoms. The zero-order valence-electron chi connectivity index (χ0n) is 8.10. The number of carbonyl (C=O) groups is 1. The molecule has 0 saturated heterocycles. The fourth-order valence-corrected chi connectivity index (χ4v) is 0.991. The molecule has 14 heavy (non-hydrogen) atoms. The van der Waals surface area contributed by atoms with Crippen molar-refractivity contribution in [2.24, 2.45) is 0 Å². The number of hydrogen-bond donors (Lipinski definition) is 1. The number of hydrogen-bond acceptors (Lipinski definition) is 3. The van der Waals surface area contributed by atoms with Gasteiger partial charge in [0.2, 0.25) is 0 Å². The highest BCUT2D eigenvalue weighted by Gasteiger charge is 1.97. The Hall–Kier alpha value is -1.48. The molecule has 0 aliphatic rings. The van der Waals surface area contributed by atoms with Gasteiger partial charge in [-0.15, -0.1) is 0 Å². The van der Waals surface area contributed by atoms with E-state index in [4.69, 9.17) is 5.11 Å². The Morgan fingerprint density at radius 2 is 2.36 bits per heavy atom. The van der Waals surface area contributed by atoms with Gasteiger partial charge in [-0.2, -0.15) is 0 Å². The van der Waals surface area contributed by atoms with Crippen molar-refractivity contribution >= 4 is 11.9 Å². The molecule has 1 heterocycles. The first-order valence-electron chi connectivity index (χ1n) is 4.48. The van der Waals surface area contributed by atoms with Gasteiger partial charge in [0.1, 0.15) is 0 Å². The van der Waals surface area contributed by atoms with Crippen LogP contribution in [0.1, 0.15) is 29.4 Å². The van der Waals surface area contributed by atoms with E-state index in [-0.39, 0.29) is 12.4 Å². The van der Waals surface area contributed by atoms with Crippen LogP contribution in [0.25, 0.3) is 6.08 Å². The second-order valence-corrected chi connectivity index (χ2v) is 2.94. The van der Waals surface area contributed by atoms with Crippen LogP contribution in [0.4, 0.5) is 0 Å². The van der Waals surface area contributed by atoms with Crippen molar-refractivity contribution in [3.05, 3.63) is 35.7 Å². The number of Topliss-reactive ketones (excluding diaryl/α,β-unsaturated/α-hetero) is 1. The van der Waals surface area contributed by atoms with Gasteiger partial charge >= 0.3 is 0 Å². The third kappa shape index (κ3) is 3.11. The Labute approximate surface area is 83.1 Å². The number of ketones is 1. The Bertz CT molecular complexity index is 328. The molecule has 1 rings (SSSR count). The van der Waals surface area contributed by atoms with Crippen LogP contribution in [-0.2, 0) is 0 Å². The van der Waals surface area contributed by atoms with Crippen LogP contribution in [0.15, 0.2) is 24.4 Å². The lowest BCUT2D eigenvalue weighted by atomic mass is 10.2. The van der Waals surface area contributed by atoms with E-state index in [1.54, 1.807) is 18.3 Å². The number of carbonyl (C=O) groups excluding carboxylic acids is 1. The van der Waals surface area contributed by atoms with Gasteiger partial charge in [0, 0.05) is 18.4 Å². The Kier molecular flexibility index (Phi) is 4.01. The van der Waals surface area contributed by atoms with Crippen LogP contribution < -0.4 is 0 Å². The average molecular weight is 191 g/mol. The summed E-state index contributed by atoms with van der Waals surface area (Å²) in [6, 6.07) is 3.53. The maximum atomic E-state index is 10.9. The van der Waals surface area contributed by atoms with E-state index in [1.807, 2.05) is 12.2 Å². The Balaban J connectivity index is 2.68. The van der Waals surface area contributed by atoms with Crippen molar-refractivity contribution in [3.63, 3.8) is 0 Å². The van der Waals surface area contributed by atoms with Crippen LogP contribution in [0.2, 0.25) is 0 Å². The standard InChI is InChI=1S/C11H13NO2/c1-9(14)10-5-6-11(12-8-10)4-2-3-7-13/h2,4-6,8,13H,3,7H2,1H3. The minimum absolute atomic E-state index is 0.0170. The molecule has 0 atom stereocenters. The first-order valence-corrected chi connectivity index (χ1v) is 4.48. The molecule has 3 nitrogen and oxygen atoms in total. The van der Waals surface area contributed by atoms with Crippen molar-refractivity contribution in [2.75, 3.05) is 6.61 Å². The number of aliphatic hydroxyl groups excluding tert-OH is 1. The molecular formula is C11H13NO2. The molecule has 0 fully saturated rings. The van der Waals surface area contributed by atoms with Gasteiger partial charge in [-0.1, -0.05) is 6.08 Å². The molecule has 1 aromatic rings. The predicted molar refractivity (Wildman–Crippen MR) is 55.0 cm³/mol. The summed E-state index contributed by atoms with van der Waals surface area (Å²) in [4.78, 5) is 15.0.